The predicted octanol–water partition coefficient (Wildman–Crippen LogP) is 1.19. The summed E-state index contributed by atoms with van der Waals surface area (Å²) in [4.78, 5) is 0. The van der Waals surface area contributed by atoms with Gasteiger partial charge in [-0.05, 0) is 38.6 Å². The lowest BCUT2D eigenvalue weighted by atomic mass is 10.1. The Hall–Kier alpha value is -0.130. The van der Waals surface area contributed by atoms with E-state index < -0.39 is 10.0 Å². The van der Waals surface area contributed by atoms with Crippen LogP contribution in [0, 0.1) is 5.92 Å². The molecule has 0 amide bonds. The van der Waals surface area contributed by atoms with Crippen LogP contribution in [0.25, 0.3) is 0 Å². The number of nitrogens with one attached hydrogen (secondary N) is 1. The van der Waals surface area contributed by atoms with Crippen molar-refractivity contribution in [3.05, 3.63) is 0 Å². The molecule has 4 nitrogen and oxygen atoms in total. The Bertz CT molecular complexity index is 336. The van der Waals surface area contributed by atoms with Gasteiger partial charge in [-0.25, -0.2) is 8.42 Å². The first-order valence-corrected chi connectivity index (χ1v) is 8.38. The third-order valence-corrected chi connectivity index (χ3v) is 6.13. The fourth-order valence-corrected chi connectivity index (χ4v) is 5.35. The second kappa shape index (κ2) is 5.67. The van der Waals surface area contributed by atoms with Gasteiger partial charge in [-0.3, -0.25) is 0 Å². The average molecular weight is 260 g/mol. The van der Waals surface area contributed by atoms with E-state index >= 15 is 0 Å². The molecule has 0 radical (unpaired) electrons. The molecule has 1 N–H and O–H groups in total. The first-order chi connectivity index (χ1) is 8.13. The van der Waals surface area contributed by atoms with Gasteiger partial charge in [0.2, 0.25) is 10.0 Å². The van der Waals surface area contributed by atoms with Crippen LogP contribution < -0.4 is 5.32 Å². The minimum atomic E-state index is -3.02. The number of sulfonamides is 1. The summed E-state index contributed by atoms with van der Waals surface area (Å²) in [7, 11) is -1.13. The smallest absolute Gasteiger partial charge is 0.214 e. The topological polar surface area (TPSA) is 49.4 Å². The lowest BCUT2D eigenvalue weighted by molar-refractivity contribution is 0.374. The molecule has 100 valence electrons. The normalized spacial score (nSPS) is 27.9. The lowest BCUT2D eigenvalue weighted by Gasteiger charge is -2.25. The Morgan fingerprint density at radius 1 is 1.18 bits per heavy atom. The van der Waals surface area contributed by atoms with Gasteiger partial charge in [0.25, 0.3) is 0 Å². The van der Waals surface area contributed by atoms with Crippen LogP contribution in [0.15, 0.2) is 0 Å². The van der Waals surface area contributed by atoms with Gasteiger partial charge in [0.15, 0.2) is 0 Å². The molecule has 2 fully saturated rings. The number of hydrogen-bond acceptors (Lipinski definition) is 3. The van der Waals surface area contributed by atoms with E-state index in [4.69, 9.17) is 0 Å². The highest BCUT2D eigenvalue weighted by molar-refractivity contribution is 7.89. The molecule has 5 heteroatoms. The fraction of sp³-hybridized carbons (Fsp3) is 1.00. The Kier molecular flexibility index (Phi) is 4.44. The van der Waals surface area contributed by atoms with Crippen molar-refractivity contribution < 1.29 is 8.42 Å². The second-order valence-electron chi connectivity index (χ2n) is 5.39. The van der Waals surface area contributed by atoms with E-state index in [-0.39, 0.29) is 6.04 Å². The molecule has 0 spiro atoms. The van der Waals surface area contributed by atoms with Crippen molar-refractivity contribution in [2.75, 3.05) is 25.9 Å². The number of nitrogens with zero attached hydrogens (tertiary/aromatic N) is 1. The zero-order valence-corrected chi connectivity index (χ0v) is 11.5. The van der Waals surface area contributed by atoms with Gasteiger partial charge >= 0.3 is 0 Å². The number of rotatable bonds is 5. The minimum absolute atomic E-state index is 0.186. The largest absolute Gasteiger partial charge is 0.318 e. The third-order valence-electron chi connectivity index (χ3n) is 4.04. The van der Waals surface area contributed by atoms with Gasteiger partial charge in [-0.2, -0.15) is 4.31 Å². The van der Waals surface area contributed by atoms with Crippen molar-refractivity contribution in [1.29, 1.82) is 0 Å². The molecular formula is C12H24N2O2S. The molecule has 1 atom stereocenters. The minimum Gasteiger partial charge on any atom is -0.318 e. The Morgan fingerprint density at radius 2 is 1.88 bits per heavy atom. The van der Waals surface area contributed by atoms with Crippen LogP contribution in [0.3, 0.4) is 0 Å². The SMILES string of the molecule is CNCC1CCCN1S(=O)(=O)CC1CCCC1. The molecule has 2 aliphatic rings. The van der Waals surface area contributed by atoms with Gasteiger partial charge in [0.1, 0.15) is 0 Å². The van der Waals surface area contributed by atoms with Crippen LogP contribution >= 0.6 is 0 Å². The van der Waals surface area contributed by atoms with E-state index in [1.165, 1.54) is 12.8 Å². The van der Waals surface area contributed by atoms with Crippen LogP contribution in [-0.2, 0) is 10.0 Å². The predicted molar refractivity (Wildman–Crippen MR) is 69.4 cm³/mol. The molecular weight excluding hydrogens is 236 g/mol. The van der Waals surface area contributed by atoms with Crippen molar-refractivity contribution in [2.45, 2.75) is 44.6 Å². The van der Waals surface area contributed by atoms with Crippen molar-refractivity contribution in [3.8, 4) is 0 Å². The van der Waals surface area contributed by atoms with E-state index in [9.17, 15) is 8.42 Å². The summed E-state index contributed by atoms with van der Waals surface area (Å²) in [5.74, 6) is 0.795. The molecule has 1 saturated carbocycles. The molecule has 1 aliphatic carbocycles. The van der Waals surface area contributed by atoms with Gasteiger partial charge in [-0.15, -0.1) is 0 Å². The first-order valence-electron chi connectivity index (χ1n) is 6.77. The maximum absolute atomic E-state index is 12.4. The highest BCUT2D eigenvalue weighted by Gasteiger charge is 2.35. The molecule has 1 heterocycles. The molecule has 1 unspecified atom stereocenters. The zero-order valence-electron chi connectivity index (χ0n) is 10.7. The summed E-state index contributed by atoms with van der Waals surface area (Å²) in [5.41, 5.74) is 0. The van der Waals surface area contributed by atoms with E-state index in [0.717, 1.165) is 38.8 Å². The van der Waals surface area contributed by atoms with Crippen LogP contribution in [0.1, 0.15) is 38.5 Å². The standard InChI is InChI=1S/C12H24N2O2S/c1-13-9-12-7-4-8-14(12)17(15,16)10-11-5-2-3-6-11/h11-13H,2-10H2,1H3. The van der Waals surface area contributed by atoms with E-state index in [1.807, 2.05) is 7.05 Å². The quantitative estimate of drug-likeness (QED) is 0.808. The number of likely N-dealkylation sites (N-methyl/N-ethyl adjacent to an activating group) is 1. The highest BCUT2D eigenvalue weighted by atomic mass is 32.2. The summed E-state index contributed by atoms with van der Waals surface area (Å²) in [5, 5.41) is 3.10. The van der Waals surface area contributed by atoms with Crippen molar-refractivity contribution in [3.63, 3.8) is 0 Å². The maximum atomic E-state index is 12.4. The summed E-state index contributed by atoms with van der Waals surface area (Å²) in [6.07, 6.45) is 6.63. The lowest BCUT2D eigenvalue weighted by Crippen LogP contribution is -2.42. The van der Waals surface area contributed by atoms with Crippen molar-refractivity contribution >= 4 is 10.0 Å². The molecule has 0 aromatic carbocycles. The maximum Gasteiger partial charge on any atom is 0.214 e. The Morgan fingerprint density at radius 3 is 2.53 bits per heavy atom. The average Bonchev–Trinajstić information content (AvgIpc) is 2.88. The first kappa shape index (κ1) is 13.3. The summed E-state index contributed by atoms with van der Waals surface area (Å²) in [6, 6.07) is 0.186. The van der Waals surface area contributed by atoms with Gasteiger partial charge in [0, 0.05) is 19.1 Å². The fourth-order valence-electron chi connectivity index (χ4n) is 3.19. The molecule has 1 saturated heterocycles. The second-order valence-corrected chi connectivity index (χ2v) is 7.36. The van der Waals surface area contributed by atoms with Crippen LogP contribution in [0.4, 0.5) is 0 Å². The van der Waals surface area contributed by atoms with E-state index in [2.05, 4.69) is 5.32 Å². The van der Waals surface area contributed by atoms with Crippen LogP contribution in [0.2, 0.25) is 0 Å². The van der Waals surface area contributed by atoms with E-state index in [1.54, 1.807) is 4.31 Å². The zero-order chi connectivity index (χ0) is 12.3. The molecule has 1 aliphatic heterocycles. The molecule has 0 aromatic rings. The Labute approximate surface area is 105 Å². The van der Waals surface area contributed by atoms with Crippen molar-refractivity contribution in [1.82, 2.24) is 9.62 Å². The van der Waals surface area contributed by atoms with Crippen molar-refractivity contribution in [2.24, 2.45) is 5.92 Å². The van der Waals surface area contributed by atoms with Crippen LogP contribution in [-0.4, -0.2) is 44.7 Å². The summed E-state index contributed by atoms with van der Waals surface area (Å²) in [6.45, 7) is 1.51. The van der Waals surface area contributed by atoms with E-state index in [0.29, 0.717) is 11.7 Å². The molecule has 0 bridgehead atoms. The van der Waals surface area contributed by atoms with Gasteiger partial charge in [0.05, 0.1) is 5.75 Å². The van der Waals surface area contributed by atoms with Gasteiger partial charge < -0.3 is 5.32 Å². The molecule has 17 heavy (non-hydrogen) atoms. The van der Waals surface area contributed by atoms with Crippen LogP contribution in [0.5, 0.6) is 0 Å². The monoisotopic (exact) mass is 260 g/mol. The number of hydrogen-bond donors (Lipinski definition) is 1. The molecule has 0 aromatic heterocycles. The third kappa shape index (κ3) is 3.20. The summed E-state index contributed by atoms with van der Waals surface area (Å²) < 4.78 is 26.5. The highest BCUT2D eigenvalue weighted by Crippen LogP contribution is 2.29. The molecule has 2 rings (SSSR count). The van der Waals surface area contributed by atoms with Gasteiger partial charge in [-0.1, -0.05) is 12.8 Å². The Balaban J connectivity index is 1.98. The summed E-state index contributed by atoms with van der Waals surface area (Å²) >= 11 is 0.